The Bertz CT molecular complexity index is 1480. The average Bonchev–Trinajstić information content (AvgIpc) is 3.01. The standard InChI is InChI=1S/C28H34N4O6S/c1-5-21-16-32(39(35,36)25-7-6-10-31-28(25)38-21)15-20-11-18(9-8-17(20)2)22(14-26(33)34)19-12-23(29)27(30-3)24(13-19)37-4/h6-13,21-22,30H,5,14-16,29H2,1-4H3,(H,33,34). The maximum absolute atomic E-state index is 13.7. The highest BCUT2D eigenvalue weighted by molar-refractivity contribution is 7.89. The topological polar surface area (TPSA) is 144 Å². The molecule has 0 aliphatic carbocycles. The fourth-order valence-corrected chi connectivity index (χ4v) is 6.36. The van der Waals surface area contributed by atoms with Gasteiger partial charge in [0.15, 0.2) is 0 Å². The van der Waals surface area contributed by atoms with Crippen LogP contribution in [0.5, 0.6) is 11.6 Å². The summed E-state index contributed by atoms with van der Waals surface area (Å²) in [7, 11) is -0.636. The van der Waals surface area contributed by atoms with Gasteiger partial charge in [-0.05, 0) is 59.9 Å². The zero-order valence-corrected chi connectivity index (χ0v) is 23.3. The van der Waals surface area contributed by atoms with Crippen LogP contribution in [0.25, 0.3) is 0 Å². The number of anilines is 2. The summed E-state index contributed by atoms with van der Waals surface area (Å²) >= 11 is 0. The Morgan fingerprint density at radius 3 is 2.72 bits per heavy atom. The van der Waals surface area contributed by atoms with Crippen LogP contribution in [-0.2, 0) is 21.4 Å². The molecule has 0 fully saturated rings. The van der Waals surface area contributed by atoms with Crippen molar-refractivity contribution in [1.29, 1.82) is 0 Å². The van der Waals surface area contributed by atoms with Crippen LogP contribution < -0.4 is 20.5 Å². The van der Waals surface area contributed by atoms with Crippen molar-refractivity contribution in [3.8, 4) is 11.6 Å². The molecule has 0 spiro atoms. The number of ether oxygens (including phenoxy) is 2. The minimum Gasteiger partial charge on any atom is -0.494 e. The van der Waals surface area contributed by atoms with E-state index in [-0.39, 0.29) is 36.4 Å². The van der Waals surface area contributed by atoms with E-state index in [1.54, 1.807) is 25.2 Å². The number of hydrogen-bond acceptors (Lipinski definition) is 8. The molecule has 2 unspecified atom stereocenters. The van der Waals surface area contributed by atoms with Crippen LogP contribution in [0.3, 0.4) is 0 Å². The summed E-state index contributed by atoms with van der Waals surface area (Å²) in [5, 5.41) is 12.8. The monoisotopic (exact) mass is 554 g/mol. The number of carboxylic acid groups (broad SMARTS) is 1. The van der Waals surface area contributed by atoms with Gasteiger partial charge in [0.2, 0.25) is 15.9 Å². The highest BCUT2D eigenvalue weighted by atomic mass is 32.2. The number of carboxylic acids is 1. The molecular formula is C28H34N4O6S. The molecule has 0 saturated heterocycles. The van der Waals surface area contributed by atoms with Gasteiger partial charge in [-0.25, -0.2) is 13.4 Å². The Balaban J connectivity index is 1.76. The van der Waals surface area contributed by atoms with Crippen LogP contribution in [0.15, 0.2) is 53.6 Å². The van der Waals surface area contributed by atoms with E-state index >= 15 is 0 Å². The van der Waals surface area contributed by atoms with Gasteiger partial charge >= 0.3 is 5.97 Å². The van der Waals surface area contributed by atoms with Gasteiger partial charge in [-0.15, -0.1) is 0 Å². The number of carbonyl (C=O) groups is 1. The lowest BCUT2D eigenvalue weighted by molar-refractivity contribution is -0.137. The molecule has 11 heteroatoms. The van der Waals surface area contributed by atoms with Gasteiger partial charge in [0.25, 0.3) is 0 Å². The van der Waals surface area contributed by atoms with Crippen LogP contribution in [0, 0.1) is 6.92 Å². The molecule has 2 atom stereocenters. The van der Waals surface area contributed by atoms with E-state index in [1.165, 1.54) is 23.7 Å². The normalized spacial score (nSPS) is 17.4. The van der Waals surface area contributed by atoms with Gasteiger partial charge in [0, 0.05) is 25.7 Å². The third-order valence-corrected chi connectivity index (χ3v) is 8.85. The molecule has 1 aromatic heterocycles. The Hall–Kier alpha value is -3.83. The van der Waals surface area contributed by atoms with Crippen LogP contribution in [0.4, 0.5) is 11.4 Å². The second kappa shape index (κ2) is 11.5. The third-order valence-electron chi connectivity index (χ3n) is 7.02. The Labute approximate surface area is 228 Å². The molecule has 4 rings (SSSR count). The zero-order valence-electron chi connectivity index (χ0n) is 22.5. The number of nitrogen functional groups attached to an aromatic ring is 1. The van der Waals surface area contributed by atoms with Crippen LogP contribution in [0.2, 0.25) is 0 Å². The highest BCUT2D eigenvalue weighted by Gasteiger charge is 2.35. The van der Waals surface area contributed by atoms with Crippen molar-refractivity contribution in [2.75, 3.05) is 31.8 Å². The van der Waals surface area contributed by atoms with Gasteiger partial charge < -0.3 is 25.6 Å². The number of methoxy groups -OCH3 is 1. The first-order chi connectivity index (χ1) is 18.6. The smallest absolute Gasteiger partial charge is 0.304 e. The number of aryl methyl sites for hydroxylation is 1. The first-order valence-electron chi connectivity index (χ1n) is 12.7. The van der Waals surface area contributed by atoms with E-state index in [4.69, 9.17) is 15.2 Å². The molecule has 4 N–H and O–H groups in total. The summed E-state index contributed by atoms with van der Waals surface area (Å²) < 4.78 is 40.1. The molecule has 2 heterocycles. The van der Waals surface area contributed by atoms with Crippen molar-refractivity contribution in [3.05, 3.63) is 70.9 Å². The number of nitrogens with one attached hydrogen (secondary N) is 1. The number of nitrogens with zero attached hydrogens (tertiary/aromatic N) is 2. The van der Waals surface area contributed by atoms with Crippen LogP contribution >= 0.6 is 0 Å². The summed E-state index contributed by atoms with van der Waals surface area (Å²) in [6.07, 6.45) is 1.57. The largest absolute Gasteiger partial charge is 0.494 e. The quantitative estimate of drug-likeness (QED) is 0.334. The number of hydrogen-bond donors (Lipinski definition) is 3. The zero-order chi connectivity index (χ0) is 28.3. The fraction of sp³-hybridized carbons (Fsp3) is 0.357. The number of nitrogens with two attached hydrogens (primary N) is 1. The maximum Gasteiger partial charge on any atom is 0.304 e. The lowest BCUT2D eigenvalue weighted by Crippen LogP contribution is -2.36. The number of fused-ring (bicyclic) bond motifs is 1. The number of rotatable bonds is 9. The van der Waals surface area contributed by atoms with E-state index in [9.17, 15) is 18.3 Å². The Morgan fingerprint density at radius 2 is 2.05 bits per heavy atom. The van der Waals surface area contributed by atoms with Gasteiger partial charge in [-0.3, -0.25) is 4.79 Å². The fourth-order valence-electron chi connectivity index (χ4n) is 4.84. The van der Waals surface area contributed by atoms with Crippen molar-refractivity contribution in [1.82, 2.24) is 9.29 Å². The molecule has 0 saturated carbocycles. The molecule has 2 aromatic carbocycles. The lowest BCUT2D eigenvalue weighted by atomic mass is 9.86. The lowest BCUT2D eigenvalue weighted by Gasteiger charge is -2.25. The first-order valence-corrected chi connectivity index (χ1v) is 14.1. The van der Waals surface area contributed by atoms with Crippen molar-refractivity contribution in [3.63, 3.8) is 0 Å². The number of pyridine rings is 1. The Kier molecular flexibility index (Phi) is 8.31. The number of aliphatic carboxylic acids is 1. The molecule has 1 aliphatic heterocycles. The molecular weight excluding hydrogens is 520 g/mol. The van der Waals surface area contributed by atoms with Crippen LogP contribution in [-0.4, -0.2) is 55.6 Å². The van der Waals surface area contributed by atoms with E-state index in [1.807, 2.05) is 32.0 Å². The van der Waals surface area contributed by atoms with Crippen molar-refractivity contribution in [2.24, 2.45) is 0 Å². The number of sulfonamides is 1. The molecule has 0 radical (unpaired) electrons. The molecule has 3 aromatic rings. The first kappa shape index (κ1) is 28.2. The highest BCUT2D eigenvalue weighted by Crippen LogP contribution is 2.39. The summed E-state index contributed by atoms with van der Waals surface area (Å²) in [6.45, 7) is 4.10. The van der Waals surface area contributed by atoms with E-state index in [0.717, 1.165) is 16.7 Å². The maximum atomic E-state index is 13.7. The van der Waals surface area contributed by atoms with Gasteiger partial charge in [0.05, 0.1) is 31.5 Å². The molecule has 10 nitrogen and oxygen atoms in total. The summed E-state index contributed by atoms with van der Waals surface area (Å²) in [6, 6.07) is 12.2. The van der Waals surface area contributed by atoms with Crippen molar-refractivity contribution >= 4 is 27.4 Å². The third kappa shape index (κ3) is 5.79. The van der Waals surface area contributed by atoms with Crippen LogP contribution in [0.1, 0.15) is 47.9 Å². The molecule has 0 bridgehead atoms. The molecule has 39 heavy (non-hydrogen) atoms. The summed E-state index contributed by atoms with van der Waals surface area (Å²) in [5.74, 6) is -0.903. The predicted octanol–water partition coefficient (Wildman–Crippen LogP) is 3.99. The minimum absolute atomic E-state index is 0.0331. The molecule has 0 amide bonds. The SMILES string of the molecule is CCC1CN(Cc2cc(C(CC(=O)O)c3cc(N)c(NC)c(OC)c3)ccc2C)S(=O)(=O)c2cccnc2O1. The summed E-state index contributed by atoms with van der Waals surface area (Å²) in [4.78, 5) is 16.1. The Morgan fingerprint density at radius 1 is 1.28 bits per heavy atom. The summed E-state index contributed by atoms with van der Waals surface area (Å²) in [5.41, 5.74) is 10.4. The second-order valence-electron chi connectivity index (χ2n) is 9.53. The van der Waals surface area contributed by atoms with E-state index < -0.39 is 21.9 Å². The van der Waals surface area contributed by atoms with Gasteiger partial charge in [0.1, 0.15) is 16.7 Å². The van der Waals surface area contributed by atoms with Gasteiger partial charge in [-0.1, -0.05) is 25.1 Å². The average molecular weight is 555 g/mol. The number of aromatic nitrogens is 1. The predicted molar refractivity (Wildman–Crippen MR) is 149 cm³/mol. The molecule has 1 aliphatic rings. The molecule has 208 valence electrons. The number of benzene rings is 2. The van der Waals surface area contributed by atoms with Crippen molar-refractivity contribution in [2.45, 2.75) is 50.2 Å². The van der Waals surface area contributed by atoms with E-state index in [2.05, 4.69) is 10.3 Å². The minimum atomic E-state index is -3.89. The van der Waals surface area contributed by atoms with Gasteiger partial charge in [-0.2, -0.15) is 4.31 Å². The van der Waals surface area contributed by atoms with E-state index in [0.29, 0.717) is 29.1 Å². The van der Waals surface area contributed by atoms with Crippen molar-refractivity contribution < 1.29 is 27.8 Å². The second-order valence-corrected chi connectivity index (χ2v) is 11.4.